The molecular weight excluding hydrogens is 344 g/mol. The van der Waals surface area contributed by atoms with Crippen molar-refractivity contribution in [2.24, 2.45) is 0 Å². The number of esters is 1. The van der Waals surface area contributed by atoms with Gasteiger partial charge in [0.2, 0.25) is 0 Å². The molecule has 0 aromatic heterocycles. The van der Waals surface area contributed by atoms with E-state index in [4.69, 9.17) is 26.8 Å². The summed E-state index contributed by atoms with van der Waals surface area (Å²) in [6.45, 7) is 3.79. The average Bonchev–Trinajstić information content (AvgIpc) is 2.56. The van der Waals surface area contributed by atoms with Crippen LogP contribution in [-0.4, -0.2) is 24.6 Å². The fraction of sp³-hybridized carbons (Fsp3) is 0.222. The number of amides is 1. The van der Waals surface area contributed by atoms with Gasteiger partial charge in [-0.25, -0.2) is 4.79 Å². The standard InChI is InChI=1S/C18H19ClN2O4/c1-3-24-16-7-5-4-6-15(16)21-17(22)11(2)25-18(23)13-9-8-12(19)10-14(13)20/h4-11H,3,20H2,1-2H3,(H,21,22)/t11-/m0/s1. The van der Waals surface area contributed by atoms with Crippen molar-refractivity contribution in [2.75, 3.05) is 17.7 Å². The number of hydrogen-bond donors (Lipinski definition) is 2. The molecule has 2 aromatic carbocycles. The Kier molecular flexibility index (Phi) is 6.25. The van der Waals surface area contributed by atoms with E-state index in [1.807, 2.05) is 6.92 Å². The second-order valence-electron chi connectivity index (χ2n) is 5.20. The molecule has 6 nitrogen and oxygen atoms in total. The summed E-state index contributed by atoms with van der Waals surface area (Å²) in [4.78, 5) is 24.4. The minimum atomic E-state index is -1.02. The monoisotopic (exact) mass is 362 g/mol. The molecule has 132 valence electrons. The number of ether oxygens (including phenoxy) is 2. The van der Waals surface area contributed by atoms with Gasteiger partial charge in [-0.15, -0.1) is 0 Å². The van der Waals surface area contributed by atoms with Crippen LogP contribution in [0.15, 0.2) is 42.5 Å². The Balaban J connectivity index is 2.04. The van der Waals surface area contributed by atoms with Gasteiger partial charge in [0.05, 0.1) is 17.9 Å². The zero-order valence-electron chi connectivity index (χ0n) is 13.9. The smallest absolute Gasteiger partial charge is 0.341 e. The van der Waals surface area contributed by atoms with Gasteiger partial charge in [0.1, 0.15) is 5.75 Å². The highest BCUT2D eigenvalue weighted by molar-refractivity contribution is 6.31. The summed E-state index contributed by atoms with van der Waals surface area (Å²) >= 11 is 5.80. The van der Waals surface area contributed by atoms with Crippen molar-refractivity contribution >= 4 is 34.9 Å². The van der Waals surface area contributed by atoms with E-state index < -0.39 is 18.0 Å². The third-order valence-corrected chi connectivity index (χ3v) is 3.57. The number of nitrogen functional groups attached to an aromatic ring is 1. The maximum Gasteiger partial charge on any atom is 0.341 e. The number of benzene rings is 2. The maximum absolute atomic E-state index is 12.3. The topological polar surface area (TPSA) is 90.6 Å². The first-order valence-corrected chi connectivity index (χ1v) is 8.09. The van der Waals surface area contributed by atoms with Gasteiger partial charge in [0.15, 0.2) is 6.10 Å². The van der Waals surface area contributed by atoms with Gasteiger partial charge >= 0.3 is 5.97 Å². The average molecular weight is 363 g/mol. The maximum atomic E-state index is 12.3. The third-order valence-electron chi connectivity index (χ3n) is 3.33. The summed E-state index contributed by atoms with van der Waals surface area (Å²) in [6.07, 6.45) is -1.02. The van der Waals surface area contributed by atoms with Gasteiger partial charge in [0, 0.05) is 10.7 Å². The molecule has 0 aliphatic carbocycles. The molecule has 0 spiro atoms. The number of nitrogens with two attached hydrogens (primary N) is 1. The Morgan fingerprint density at radius 1 is 1.24 bits per heavy atom. The van der Waals surface area contributed by atoms with Crippen LogP contribution in [0.2, 0.25) is 5.02 Å². The van der Waals surface area contributed by atoms with Crippen molar-refractivity contribution in [3.05, 3.63) is 53.1 Å². The lowest BCUT2D eigenvalue weighted by molar-refractivity contribution is -0.123. The van der Waals surface area contributed by atoms with Crippen molar-refractivity contribution in [3.8, 4) is 5.75 Å². The predicted molar refractivity (Wildman–Crippen MR) is 97.0 cm³/mol. The van der Waals surface area contributed by atoms with Gasteiger partial charge in [0.25, 0.3) is 5.91 Å². The van der Waals surface area contributed by atoms with Crippen molar-refractivity contribution in [3.63, 3.8) is 0 Å². The molecule has 0 aliphatic heterocycles. The molecule has 7 heteroatoms. The van der Waals surface area contributed by atoms with Crippen molar-refractivity contribution in [1.29, 1.82) is 0 Å². The van der Waals surface area contributed by atoms with Crippen LogP contribution in [0.4, 0.5) is 11.4 Å². The lowest BCUT2D eigenvalue weighted by atomic mass is 10.2. The zero-order chi connectivity index (χ0) is 18.4. The van der Waals surface area contributed by atoms with Crippen LogP contribution >= 0.6 is 11.6 Å². The first kappa shape index (κ1) is 18.6. The van der Waals surface area contributed by atoms with Crippen LogP contribution in [0, 0.1) is 0 Å². The molecule has 0 bridgehead atoms. The van der Waals surface area contributed by atoms with Crippen LogP contribution in [0.5, 0.6) is 5.75 Å². The van der Waals surface area contributed by atoms with E-state index in [0.717, 1.165) is 0 Å². The number of anilines is 2. The summed E-state index contributed by atoms with van der Waals surface area (Å²) < 4.78 is 10.6. The largest absolute Gasteiger partial charge is 0.492 e. The number of rotatable bonds is 6. The number of halogens is 1. The molecule has 2 rings (SSSR count). The van der Waals surface area contributed by atoms with E-state index in [1.165, 1.54) is 25.1 Å². The molecule has 0 fully saturated rings. The minimum absolute atomic E-state index is 0.152. The van der Waals surface area contributed by atoms with Gasteiger partial charge in [-0.1, -0.05) is 23.7 Å². The summed E-state index contributed by atoms with van der Waals surface area (Å²) in [5, 5.41) is 3.09. The molecular formula is C18H19ClN2O4. The van der Waals surface area contributed by atoms with E-state index >= 15 is 0 Å². The molecule has 0 radical (unpaired) electrons. The van der Waals surface area contributed by atoms with Crippen LogP contribution < -0.4 is 15.8 Å². The Bertz CT molecular complexity index is 779. The van der Waals surface area contributed by atoms with Crippen molar-refractivity contribution < 1.29 is 19.1 Å². The SMILES string of the molecule is CCOc1ccccc1NC(=O)[C@H](C)OC(=O)c1ccc(Cl)cc1N. The second kappa shape index (κ2) is 8.39. The number of carbonyl (C=O) groups is 2. The van der Waals surface area contributed by atoms with E-state index in [2.05, 4.69) is 5.32 Å². The first-order valence-electron chi connectivity index (χ1n) is 7.71. The highest BCUT2D eigenvalue weighted by atomic mass is 35.5. The summed E-state index contributed by atoms with van der Waals surface area (Å²) in [5.41, 5.74) is 6.59. The number of hydrogen-bond acceptors (Lipinski definition) is 5. The highest BCUT2D eigenvalue weighted by Crippen LogP contribution is 2.24. The van der Waals surface area contributed by atoms with E-state index in [0.29, 0.717) is 23.1 Å². The quantitative estimate of drug-likeness (QED) is 0.606. The molecule has 1 atom stereocenters. The molecule has 0 saturated carbocycles. The fourth-order valence-electron chi connectivity index (χ4n) is 2.08. The fourth-order valence-corrected chi connectivity index (χ4v) is 2.26. The summed E-state index contributed by atoms with van der Waals surface area (Å²) in [7, 11) is 0. The minimum Gasteiger partial charge on any atom is -0.492 e. The Labute approximate surface area is 150 Å². The lowest BCUT2D eigenvalue weighted by Crippen LogP contribution is -2.30. The van der Waals surface area contributed by atoms with Crippen molar-refractivity contribution in [1.82, 2.24) is 0 Å². The molecule has 3 N–H and O–H groups in total. The van der Waals surface area contributed by atoms with Crippen LogP contribution in [0.1, 0.15) is 24.2 Å². The highest BCUT2D eigenvalue weighted by Gasteiger charge is 2.21. The van der Waals surface area contributed by atoms with E-state index in [-0.39, 0.29) is 11.3 Å². The van der Waals surface area contributed by atoms with Crippen LogP contribution in [0.25, 0.3) is 0 Å². The Morgan fingerprint density at radius 3 is 2.64 bits per heavy atom. The molecule has 0 heterocycles. The molecule has 0 saturated heterocycles. The van der Waals surface area contributed by atoms with E-state index in [1.54, 1.807) is 24.3 Å². The van der Waals surface area contributed by atoms with Gasteiger partial charge in [-0.3, -0.25) is 4.79 Å². The second-order valence-corrected chi connectivity index (χ2v) is 5.63. The molecule has 2 aromatic rings. The van der Waals surface area contributed by atoms with Gasteiger partial charge in [-0.05, 0) is 44.2 Å². The van der Waals surface area contributed by atoms with Crippen molar-refractivity contribution in [2.45, 2.75) is 20.0 Å². The van der Waals surface area contributed by atoms with Gasteiger partial charge < -0.3 is 20.5 Å². The third kappa shape index (κ3) is 4.87. The molecule has 0 aliphatic rings. The zero-order valence-corrected chi connectivity index (χ0v) is 14.7. The van der Waals surface area contributed by atoms with Crippen LogP contribution in [-0.2, 0) is 9.53 Å². The predicted octanol–water partition coefficient (Wildman–Crippen LogP) is 3.50. The van der Waals surface area contributed by atoms with Crippen LogP contribution in [0.3, 0.4) is 0 Å². The summed E-state index contributed by atoms with van der Waals surface area (Å²) in [5.74, 6) is -0.637. The number of nitrogens with one attached hydrogen (secondary N) is 1. The molecule has 0 unspecified atom stereocenters. The molecule has 1 amide bonds. The van der Waals surface area contributed by atoms with Gasteiger partial charge in [-0.2, -0.15) is 0 Å². The lowest BCUT2D eigenvalue weighted by Gasteiger charge is -2.16. The normalized spacial score (nSPS) is 11.5. The Hall–Kier alpha value is -2.73. The Morgan fingerprint density at radius 2 is 1.96 bits per heavy atom. The molecule has 25 heavy (non-hydrogen) atoms. The number of carbonyl (C=O) groups excluding carboxylic acids is 2. The summed E-state index contributed by atoms with van der Waals surface area (Å²) in [6, 6.07) is 11.4. The first-order chi connectivity index (χ1) is 11.9. The number of para-hydroxylation sites is 2. The van der Waals surface area contributed by atoms with E-state index in [9.17, 15) is 9.59 Å².